The lowest BCUT2D eigenvalue weighted by atomic mass is 9.93. The third-order valence-electron chi connectivity index (χ3n) is 5.74. The van der Waals surface area contributed by atoms with Gasteiger partial charge in [0.2, 0.25) is 0 Å². The van der Waals surface area contributed by atoms with Crippen molar-refractivity contribution in [2.24, 2.45) is 0 Å². The van der Waals surface area contributed by atoms with E-state index >= 15 is 0 Å². The summed E-state index contributed by atoms with van der Waals surface area (Å²) in [5, 5.41) is 5.75. The van der Waals surface area contributed by atoms with Gasteiger partial charge in [-0.1, -0.05) is 17.7 Å². The highest BCUT2D eigenvalue weighted by atomic mass is 35.5. The first-order valence-electron chi connectivity index (χ1n) is 10.4. The maximum Gasteiger partial charge on any atom is 0.416 e. The molecule has 0 saturated carbocycles. The summed E-state index contributed by atoms with van der Waals surface area (Å²) >= 11 is 6.27. The Balaban J connectivity index is 1.67. The van der Waals surface area contributed by atoms with E-state index in [0.29, 0.717) is 23.0 Å². The number of halogens is 6. The highest BCUT2D eigenvalue weighted by Crippen LogP contribution is 2.42. The van der Waals surface area contributed by atoms with E-state index in [-0.39, 0.29) is 33.5 Å². The molecule has 5 nitrogen and oxygen atoms in total. The van der Waals surface area contributed by atoms with Crippen molar-refractivity contribution in [3.63, 3.8) is 0 Å². The Kier molecular flexibility index (Phi) is 5.63. The van der Waals surface area contributed by atoms with Gasteiger partial charge in [-0.2, -0.15) is 13.2 Å². The standard InChI is InChI=1S/C25H13ClF5N3O2/c26-17-4-3-13(27)9-16(17)22-21-19(10-18-15(2-1-5-32-18)20(21)24(36)34-22)33-23(35)11-6-12(25(29,30)31)8-14(28)7-11/h1-10,22H,(H,33,35)(H,34,36). The third kappa shape index (κ3) is 4.13. The lowest BCUT2D eigenvalue weighted by Gasteiger charge is -2.19. The fraction of sp³-hybridized carbons (Fsp3) is 0.0800. The van der Waals surface area contributed by atoms with Gasteiger partial charge in [0, 0.05) is 39.0 Å². The Bertz CT molecular complexity index is 1570. The number of nitrogens with zero attached hydrogens (tertiary/aromatic N) is 1. The number of anilines is 1. The van der Waals surface area contributed by atoms with Crippen LogP contribution in [-0.2, 0) is 6.18 Å². The maximum absolute atomic E-state index is 14.1. The van der Waals surface area contributed by atoms with Gasteiger partial charge in [-0.15, -0.1) is 0 Å². The van der Waals surface area contributed by atoms with Crippen LogP contribution in [0.3, 0.4) is 0 Å². The fourth-order valence-corrected chi connectivity index (χ4v) is 4.44. The summed E-state index contributed by atoms with van der Waals surface area (Å²) in [6, 6.07) is 8.69. The van der Waals surface area contributed by atoms with Gasteiger partial charge in [0.1, 0.15) is 11.6 Å². The number of pyridine rings is 1. The minimum Gasteiger partial charge on any atom is -0.341 e. The molecule has 0 fully saturated rings. The molecule has 1 aliphatic rings. The zero-order valence-corrected chi connectivity index (χ0v) is 18.6. The first-order valence-corrected chi connectivity index (χ1v) is 10.8. The number of hydrogen-bond donors (Lipinski definition) is 2. The molecule has 0 aliphatic carbocycles. The van der Waals surface area contributed by atoms with E-state index in [4.69, 9.17) is 11.6 Å². The second kappa shape index (κ2) is 8.56. The largest absolute Gasteiger partial charge is 0.416 e. The molecule has 36 heavy (non-hydrogen) atoms. The molecule has 2 heterocycles. The molecule has 5 rings (SSSR count). The van der Waals surface area contributed by atoms with E-state index in [2.05, 4.69) is 15.6 Å². The molecule has 182 valence electrons. The van der Waals surface area contributed by atoms with Crippen molar-refractivity contribution in [1.82, 2.24) is 10.3 Å². The topological polar surface area (TPSA) is 71.1 Å². The molecule has 0 radical (unpaired) electrons. The SMILES string of the molecule is O=C(Nc1cc2ncccc2c2c1C(c1cc(F)ccc1Cl)NC2=O)c1cc(F)cc(C(F)(F)F)c1. The van der Waals surface area contributed by atoms with Crippen LogP contribution >= 0.6 is 11.6 Å². The van der Waals surface area contributed by atoms with E-state index in [9.17, 15) is 31.5 Å². The monoisotopic (exact) mass is 517 g/mol. The van der Waals surface area contributed by atoms with Crippen LogP contribution in [0.25, 0.3) is 10.9 Å². The Labute approximate surface area is 204 Å². The molecular weight excluding hydrogens is 505 g/mol. The van der Waals surface area contributed by atoms with Crippen LogP contribution < -0.4 is 10.6 Å². The molecular formula is C25H13ClF5N3O2. The predicted octanol–water partition coefficient (Wildman–Crippen LogP) is 6.27. The summed E-state index contributed by atoms with van der Waals surface area (Å²) in [7, 11) is 0. The van der Waals surface area contributed by atoms with E-state index < -0.39 is 46.8 Å². The average Bonchev–Trinajstić information content (AvgIpc) is 3.17. The number of aromatic nitrogens is 1. The summed E-state index contributed by atoms with van der Waals surface area (Å²) in [4.78, 5) is 30.2. The average molecular weight is 518 g/mol. The van der Waals surface area contributed by atoms with Crippen molar-refractivity contribution in [3.8, 4) is 0 Å². The van der Waals surface area contributed by atoms with Crippen molar-refractivity contribution >= 4 is 40.0 Å². The number of alkyl halides is 3. The highest BCUT2D eigenvalue weighted by molar-refractivity contribution is 6.31. The minimum atomic E-state index is -4.87. The Morgan fingerprint density at radius 2 is 1.81 bits per heavy atom. The zero-order chi connectivity index (χ0) is 25.8. The van der Waals surface area contributed by atoms with E-state index in [1.165, 1.54) is 18.3 Å². The minimum absolute atomic E-state index is 0.0164. The first kappa shape index (κ1) is 23.7. The summed E-state index contributed by atoms with van der Waals surface area (Å²) in [5.41, 5.74) is -1.04. The van der Waals surface area contributed by atoms with E-state index in [0.717, 1.165) is 12.1 Å². The van der Waals surface area contributed by atoms with E-state index in [1.54, 1.807) is 12.1 Å². The van der Waals surface area contributed by atoms with Crippen molar-refractivity contribution in [3.05, 3.63) is 105 Å². The van der Waals surface area contributed by atoms with Gasteiger partial charge in [0.05, 0.1) is 22.7 Å². The summed E-state index contributed by atoms with van der Waals surface area (Å²) in [6.07, 6.45) is -3.42. The van der Waals surface area contributed by atoms with Crippen LogP contribution in [0.5, 0.6) is 0 Å². The van der Waals surface area contributed by atoms with Crippen LogP contribution in [0, 0.1) is 11.6 Å². The molecule has 3 aromatic carbocycles. The van der Waals surface area contributed by atoms with Crippen LogP contribution in [0.4, 0.5) is 27.6 Å². The normalized spacial score (nSPS) is 15.1. The number of rotatable bonds is 3. The molecule has 1 atom stereocenters. The molecule has 1 aromatic heterocycles. The zero-order valence-electron chi connectivity index (χ0n) is 17.9. The van der Waals surface area contributed by atoms with Crippen LogP contribution in [0.1, 0.15) is 43.4 Å². The number of carbonyl (C=O) groups is 2. The molecule has 11 heteroatoms. The molecule has 2 N–H and O–H groups in total. The van der Waals surface area contributed by atoms with Crippen molar-refractivity contribution in [2.75, 3.05) is 5.32 Å². The molecule has 0 saturated heterocycles. The van der Waals surface area contributed by atoms with Gasteiger partial charge in [-0.25, -0.2) is 8.78 Å². The summed E-state index contributed by atoms with van der Waals surface area (Å²) in [6.45, 7) is 0. The smallest absolute Gasteiger partial charge is 0.341 e. The fourth-order valence-electron chi connectivity index (χ4n) is 4.21. The number of amides is 2. The lowest BCUT2D eigenvalue weighted by molar-refractivity contribution is -0.137. The number of fused-ring (bicyclic) bond motifs is 3. The maximum atomic E-state index is 14.1. The van der Waals surface area contributed by atoms with Gasteiger partial charge in [0.25, 0.3) is 11.8 Å². The Hall–Kier alpha value is -4.05. The summed E-state index contributed by atoms with van der Waals surface area (Å²) < 4.78 is 67.4. The van der Waals surface area contributed by atoms with Gasteiger partial charge < -0.3 is 10.6 Å². The van der Waals surface area contributed by atoms with Crippen LogP contribution in [-0.4, -0.2) is 16.8 Å². The second-order valence-electron chi connectivity index (χ2n) is 8.04. The first-order chi connectivity index (χ1) is 17.0. The highest BCUT2D eigenvalue weighted by Gasteiger charge is 2.36. The van der Waals surface area contributed by atoms with Crippen molar-refractivity contribution < 1.29 is 31.5 Å². The molecule has 0 bridgehead atoms. The van der Waals surface area contributed by atoms with Gasteiger partial charge in [0.15, 0.2) is 0 Å². The Morgan fingerprint density at radius 1 is 1.03 bits per heavy atom. The number of hydrogen-bond acceptors (Lipinski definition) is 3. The number of nitrogens with one attached hydrogen (secondary N) is 2. The van der Waals surface area contributed by atoms with Gasteiger partial charge in [-0.3, -0.25) is 14.6 Å². The van der Waals surface area contributed by atoms with Gasteiger partial charge >= 0.3 is 6.18 Å². The van der Waals surface area contributed by atoms with Gasteiger partial charge in [-0.05, 0) is 48.5 Å². The molecule has 4 aromatic rings. The van der Waals surface area contributed by atoms with E-state index in [1.807, 2.05) is 0 Å². The van der Waals surface area contributed by atoms with Crippen molar-refractivity contribution in [2.45, 2.75) is 12.2 Å². The predicted molar refractivity (Wildman–Crippen MR) is 122 cm³/mol. The third-order valence-corrected chi connectivity index (χ3v) is 6.09. The number of carbonyl (C=O) groups excluding carboxylic acids is 2. The van der Waals surface area contributed by atoms with Crippen LogP contribution in [0.2, 0.25) is 5.02 Å². The number of benzene rings is 3. The quantitative estimate of drug-likeness (QED) is 0.315. The lowest BCUT2D eigenvalue weighted by Crippen LogP contribution is -2.21. The van der Waals surface area contributed by atoms with Crippen LogP contribution in [0.15, 0.2) is 60.8 Å². The molecule has 1 aliphatic heterocycles. The summed E-state index contributed by atoms with van der Waals surface area (Å²) in [5.74, 6) is -3.47. The second-order valence-corrected chi connectivity index (χ2v) is 8.44. The molecule has 1 unspecified atom stereocenters. The van der Waals surface area contributed by atoms with Crippen molar-refractivity contribution in [1.29, 1.82) is 0 Å². The molecule has 2 amide bonds. The Morgan fingerprint density at radius 3 is 2.56 bits per heavy atom. The molecule has 0 spiro atoms.